The highest BCUT2D eigenvalue weighted by molar-refractivity contribution is 5.91. The molecule has 2 heterocycles. The number of rotatable bonds is 3. The van der Waals surface area contributed by atoms with Gasteiger partial charge in [-0.1, -0.05) is 0 Å². The average molecular weight is 342 g/mol. The lowest BCUT2D eigenvalue weighted by molar-refractivity contribution is 0.475. The van der Waals surface area contributed by atoms with Gasteiger partial charge in [-0.05, 0) is 43.3 Å². The van der Waals surface area contributed by atoms with Crippen LogP contribution in [0.1, 0.15) is 6.42 Å². The van der Waals surface area contributed by atoms with Crippen LogP contribution in [0.2, 0.25) is 0 Å². The summed E-state index contributed by atoms with van der Waals surface area (Å²) in [5, 5.41) is 17.3. The van der Waals surface area contributed by atoms with E-state index in [4.69, 9.17) is 0 Å². The van der Waals surface area contributed by atoms with Gasteiger partial charge in [-0.3, -0.25) is 0 Å². The Morgan fingerprint density at radius 2 is 1.88 bits per heavy atom. The van der Waals surface area contributed by atoms with Crippen LogP contribution in [-0.2, 0) is 0 Å². The Bertz CT molecular complexity index is 942. The molecule has 1 saturated heterocycles. The maximum atomic E-state index is 13.7. The zero-order valence-electron chi connectivity index (χ0n) is 13.3. The number of aromatic hydroxyl groups is 1. The Hall–Kier alpha value is -2.80. The largest absolute Gasteiger partial charge is 0.507 e. The lowest BCUT2D eigenvalue weighted by Gasteiger charge is -2.15. The van der Waals surface area contributed by atoms with E-state index in [9.17, 15) is 13.9 Å². The van der Waals surface area contributed by atoms with Gasteiger partial charge in [0.15, 0.2) is 5.82 Å². The first kappa shape index (κ1) is 15.7. The average Bonchev–Trinajstić information content (AvgIpc) is 3.09. The maximum absolute atomic E-state index is 13.7. The molecular formula is C18H16F2N4O. The molecule has 3 aromatic rings. The van der Waals surface area contributed by atoms with E-state index in [1.165, 1.54) is 18.2 Å². The Balaban J connectivity index is 1.88. The highest BCUT2D eigenvalue weighted by atomic mass is 19.1. The minimum atomic E-state index is -0.509. The number of benzene rings is 2. The van der Waals surface area contributed by atoms with Crippen molar-refractivity contribution in [1.29, 1.82) is 0 Å². The highest BCUT2D eigenvalue weighted by Gasteiger charge is 2.18. The summed E-state index contributed by atoms with van der Waals surface area (Å²) >= 11 is 0. The van der Waals surface area contributed by atoms with Gasteiger partial charge in [0.25, 0.3) is 0 Å². The molecule has 0 radical (unpaired) electrons. The molecule has 2 aromatic carbocycles. The topological polar surface area (TPSA) is 70.1 Å². The first-order valence-corrected chi connectivity index (χ1v) is 8.03. The second-order valence-electron chi connectivity index (χ2n) is 6.05. The van der Waals surface area contributed by atoms with Crippen molar-refractivity contribution in [3.8, 4) is 17.1 Å². The van der Waals surface area contributed by atoms with Crippen molar-refractivity contribution in [2.45, 2.75) is 12.5 Å². The molecule has 1 aliphatic heterocycles. The van der Waals surface area contributed by atoms with E-state index in [0.29, 0.717) is 16.7 Å². The Morgan fingerprint density at radius 1 is 1.08 bits per heavy atom. The number of hydrogen-bond donors (Lipinski definition) is 3. The Labute approximate surface area is 142 Å². The van der Waals surface area contributed by atoms with E-state index < -0.39 is 11.6 Å². The van der Waals surface area contributed by atoms with Crippen molar-refractivity contribution in [2.24, 2.45) is 0 Å². The number of aromatic nitrogens is 2. The van der Waals surface area contributed by atoms with Crippen LogP contribution in [0.15, 0.2) is 36.4 Å². The number of phenols is 1. The van der Waals surface area contributed by atoms with E-state index >= 15 is 0 Å². The van der Waals surface area contributed by atoms with Gasteiger partial charge in [-0.15, -0.1) is 0 Å². The molecule has 0 bridgehead atoms. The van der Waals surface area contributed by atoms with Crippen LogP contribution in [-0.4, -0.2) is 34.2 Å². The van der Waals surface area contributed by atoms with Crippen LogP contribution in [0, 0.1) is 11.6 Å². The minimum Gasteiger partial charge on any atom is -0.507 e. The lowest BCUT2D eigenvalue weighted by atomic mass is 10.1. The minimum absolute atomic E-state index is 0.134. The molecule has 4 rings (SSSR count). The predicted octanol–water partition coefficient (Wildman–Crippen LogP) is 3.05. The van der Waals surface area contributed by atoms with Crippen molar-refractivity contribution >= 4 is 16.7 Å². The predicted molar refractivity (Wildman–Crippen MR) is 91.5 cm³/mol. The molecule has 128 valence electrons. The molecule has 1 fully saturated rings. The summed E-state index contributed by atoms with van der Waals surface area (Å²) in [5.74, 6) is -0.383. The summed E-state index contributed by atoms with van der Waals surface area (Å²) in [5.41, 5.74) is 0.556. The smallest absolute Gasteiger partial charge is 0.165 e. The molecule has 1 unspecified atom stereocenters. The number of phenolic OH excluding ortho intramolecular Hbond substituents is 1. The normalized spacial score (nSPS) is 17.1. The zero-order chi connectivity index (χ0) is 17.4. The SMILES string of the molecule is Oc1ccc(F)cc1-c1nc(NC2CCNC2)c2ccc(F)cc2n1. The van der Waals surface area contributed by atoms with E-state index in [2.05, 4.69) is 20.6 Å². The fourth-order valence-corrected chi connectivity index (χ4v) is 2.99. The van der Waals surface area contributed by atoms with Crippen LogP contribution in [0.4, 0.5) is 14.6 Å². The summed E-state index contributed by atoms with van der Waals surface area (Å²) in [6.45, 7) is 1.71. The molecule has 0 spiro atoms. The summed E-state index contributed by atoms with van der Waals surface area (Å²) in [6.07, 6.45) is 0.938. The van der Waals surface area contributed by atoms with Crippen LogP contribution < -0.4 is 10.6 Å². The highest BCUT2D eigenvalue weighted by Crippen LogP contribution is 2.31. The molecule has 0 amide bonds. The van der Waals surface area contributed by atoms with E-state index in [1.807, 2.05) is 0 Å². The van der Waals surface area contributed by atoms with Crippen molar-refractivity contribution in [3.05, 3.63) is 48.0 Å². The monoisotopic (exact) mass is 342 g/mol. The van der Waals surface area contributed by atoms with E-state index in [-0.39, 0.29) is 23.2 Å². The zero-order valence-corrected chi connectivity index (χ0v) is 13.3. The number of anilines is 1. The molecule has 3 N–H and O–H groups in total. The lowest BCUT2D eigenvalue weighted by Crippen LogP contribution is -2.23. The van der Waals surface area contributed by atoms with E-state index in [0.717, 1.165) is 31.6 Å². The Kier molecular flexibility index (Phi) is 3.93. The third-order valence-electron chi connectivity index (χ3n) is 4.26. The second kappa shape index (κ2) is 6.25. The first-order chi connectivity index (χ1) is 12.1. The van der Waals surface area contributed by atoms with E-state index in [1.54, 1.807) is 6.07 Å². The summed E-state index contributed by atoms with van der Waals surface area (Å²) in [7, 11) is 0. The van der Waals surface area contributed by atoms with Crippen LogP contribution in [0.5, 0.6) is 5.75 Å². The molecule has 1 atom stereocenters. The third kappa shape index (κ3) is 3.10. The first-order valence-electron chi connectivity index (χ1n) is 8.03. The number of fused-ring (bicyclic) bond motifs is 1. The van der Waals surface area contributed by atoms with Gasteiger partial charge in [0, 0.05) is 24.0 Å². The quantitative estimate of drug-likeness (QED) is 0.682. The molecular weight excluding hydrogens is 326 g/mol. The fourth-order valence-electron chi connectivity index (χ4n) is 2.99. The van der Waals surface area contributed by atoms with Gasteiger partial charge in [0.05, 0.1) is 11.1 Å². The third-order valence-corrected chi connectivity index (χ3v) is 4.26. The molecule has 1 aliphatic rings. The van der Waals surface area contributed by atoms with Crippen LogP contribution in [0.25, 0.3) is 22.3 Å². The van der Waals surface area contributed by atoms with Gasteiger partial charge >= 0.3 is 0 Å². The summed E-state index contributed by atoms with van der Waals surface area (Å²) in [4.78, 5) is 8.78. The van der Waals surface area contributed by atoms with Crippen molar-refractivity contribution < 1.29 is 13.9 Å². The fraction of sp³-hybridized carbons (Fsp3) is 0.222. The molecule has 1 aromatic heterocycles. The van der Waals surface area contributed by atoms with Gasteiger partial charge in [-0.2, -0.15) is 0 Å². The number of hydrogen-bond acceptors (Lipinski definition) is 5. The molecule has 25 heavy (non-hydrogen) atoms. The summed E-state index contributed by atoms with van der Waals surface area (Å²) in [6, 6.07) is 8.03. The van der Waals surface area contributed by atoms with Gasteiger partial charge in [0.2, 0.25) is 0 Å². The number of nitrogens with one attached hydrogen (secondary N) is 2. The number of nitrogens with zero attached hydrogens (tertiary/aromatic N) is 2. The van der Waals surface area contributed by atoms with Crippen LogP contribution in [0.3, 0.4) is 0 Å². The molecule has 0 saturated carbocycles. The second-order valence-corrected chi connectivity index (χ2v) is 6.05. The summed E-state index contributed by atoms with van der Waals surface area (Å²) < 4.78 is 27.2. The van der Waals surface area contributed by atoms with Gasteiger partial charge < -0.3 is 15.7 Å². The van der Waals surface area contributed by atoms with Crippen molar-refractivity contribution in [2.75, 3.05) is 18.4 Å². The van der Waals surface area contributed by atoms with Gasteiger partial charge in [0.1, 0.15) is 23.2 Å². The van der Waals surface area contributed by atoms with Gasteiger partial charge in [-0.25, -0.2) is 18.7 Å². The molecule has 5 nitrogen and oxygen atoms in total. The van der Waals surface area contributed by atoms with Crippen molar-refractivity contribution in [3.63, 3.8) is 0 Å². The van der Waals surface area contributed by atoms with Crippen LogP contribution >= 0.6 is 0 Å². The maximum Gasteiger partial charge on any atom is 0.165 e. The van der Waals surface area contributed by atoms with Crippen molar-refractivity contribution in [1.82, 2.24) is 15.3 Å². The number of halogens is 2. The molecule has 0 aliphatic carbocycles. The Morgan fingerprint density at radius 3 is 2.68 bits per heavy atom. The standard InChI is InChI=1S/C18H16F2N4O/c19-10-2-4-16(25)14(7-10)18-23-15-8-11(20)1-3-13(15)17(24-18)22-12-5-6-21-9-12/h1-4,7-8,12,21,25H,5-6,9H2,(H,22,23,24). The molecule has 7 heteroatoms.